The second-order valence-electron chi connectivity index (χ2n) is 6.78. The highest BCUT2D eigenvalue weighted by Crippen LogP contribution is 2.25. The molecule has 0 aliphatic rings. The molecule has 0 heterocycles. The van der Waals surface area contributed by atoms with Gasteiger partial charge in [-0.2, -0.15) is 0 Å². The highest BCUT2D eigenvalue weighted by atomic mass is 16.5. The number of rotatable bonds is 8. The van der Waals surface area contributed by atoms with Crippen LogP contribution in [0.1, 0.15) is 65.4 Å². The number of hydrogen-bond donors (Lipinski definition) is 1. The second-order valence-corrected chi connectivity index (χ2v) is 6.78. The van der Waals surface area contributed by atoms with Gasteiger partial charge in [0.2, 0.25) is 0 Å². The Kier molecular flexibility index (Phi) is 7.08. The van der Waals surface area contributed by atoms with Crippen molar-refractivity contribution in [3.63, 3.8) is 0 Å². The van der Waals surface area contributed by atoms with Crippen molar-refractivity contribution >= 4 is 0 Å². The maximum absolute atomic E-state index is 5.93. The lowest BCUT2D eigenvalue weighted by Crippen LogP contribution is -2.36. The number of unbranched alkanes of at least 4 members (excludes halogenated alkanes) is 2. The number of nitrogens with one attached hydrogen (secondary N) is 1. The third-order valence-corrected chi connectivity index (χ3v) is 3.28. The van der Waals surface area contributed by atoms with Crippen molar-refractivity contribution in [2.75, 3.05) is 13.2 Å². The molecular weight excluding hydrogens is 246 g/mol. The molecule has 0 fully saturated rings. The topological polar surface area (TPSA) is 21.3 Å². The summed E-state index contributed by atoms with van der Waals surface area (Å²) in [5.74, 6) is 1.57. The maximum Gasteiger partial charge on any atom is 0.122 e. The summed E-state index contributed by atoms with van der Waals surface area (Å²) in [5, 5.41) is 3.51. The summed E-state index contributed by atoms with van der Waals surface area (Å²) in [6.45, 7) is 12.9. The van der Waals surface area contributed by atoms with Crippen molar-refractivity contribution < 1.29 is 4.74 Å². The summed E-state index contributed by atoms with van der Waals surface area (Å²) in [5.41, 5.74) is 1.54. The second kappa shape index (κ2) is 8.31. The Morgan fingerprint density at radius 3 is 2.40 bits per heavy atom. The van der Waals surface area contributed by atoms with E-state index in [-0.39, 0.29) is 5.54 Å². The summed E-state index contributed by atoms with van der Waals surface area (Å²) in [7, 11) is 0. The summed E-state index contributed by atoms with van der Waals surface area (Å²) in [6, 6.07) is 8.37. The Hall–Kier alpha value is -1.02. The van der Waals surface area contributed by atoms with Gasteiger partial charge in [-0.25, -0.2) is 0 Å². The molecule has 0 aromatic heterocycles. The minimum atomic E-state index is 0.229. The Labute approximate surface area is 124 Å². The van der Waals surface area contributed by atoms with Crippen LogP contribution in [0.15, 0.2) is 24.3 Å². The lowest BCUT2D eigenvalue weighted by Gasteiger charge is -2.20. The van der Waals surface area contributed by atoms with Crippen molar-refractivity contribution in [1.29, 1.82) is 0 Å². The highest BCUT2D eigenvalue weighted by molar-refractivity contribution is 5.35. The van der Waals surface area contributed by atoms with Crippen LogP contribution in [0.4, 0.5) is 0 Å². The molecule has 0 saturated heterocycles. The van der Waals surface area contributed by atoms with Gasteiger partial charge in [0.25, 0.3) is 0 Å². The van der Waals surface area contributed by atoms with Crippen molar-refractivity contribution in [1.82, 2.24) is 5.32 Å². The molecule has 0 bridgehead atoms. The first-order valence-electron chi connectivity index (χ1n) is 7.87. The SMILES string of the molecule is CC(C)c1ccccc1OCCCCCNC(C)(C)C. The van der Waals surface area contributed by atoms with E-state index >= 15 is 0 Å². The van der Waals surface area contributed by atoms with Gasteiger partial charge in [-0.3, -0.25) is 0 Å². The molecule has 0 unspecified atom stereocenters. The van der Waals surface area contributed by atoms with Crippen molar-refractivity contribution in [2.45, 2.75) is 65.3 Å². The average Bonchev–Trinajstić information content (AvgIpc) is 2.36. The van der Waals surface area contributed by atoms with E-state index in [9.17, 15) is 0 Å². The lowest BCUT2D eigenvalue weighted by atomic mass is 10.0. The van der Waals surface area contributed by atoms with E-state index in [4.69, 9.17) is 4.74 Å². The zero-order valence-corrected chi connectivity index (χ0v) is 13.8. The summed E-state index contributed by atoms with van der Waals surface area (Å²) in [6.07, 6.45) is 3.55. The van der Waals surface area contributed by atoms with Gasteiger partial charge in [0.1, 0.15) is 5.75 Å². The van der Waals surface area contributed by atoms with Crippen LogP contribution in [-0.4, -0.2) is 18.7 Å². The summed E-state index contributed by atoms with van der Waals surface area (Å²) >= 11 is 0. The summed E-state index contributed by atoms with van der Waals surface area (Å²) < 4.78 is 5.93. The third-order valence-electron chi connectivity index (χ3n) is 3.28. The monoisotopic (exact) mass is 277 g/mol. The lowest BCUT2D eigenvalue weighted by molar-refractivity contribution is 0.299. The Morgan fingerprint density at radius 2 is 1.75 bits per heavy atom. The first-order valence-corrected chi connectivity index (χ1v) is 7.87. The van der Waals surface area contributed by atoms with E-state index in [1.807, 2.05) is 0 Å². The molecule has 114 valence electrons. The predicted molar refractivity (Wildman–Crippen MR) is 87.6 cm³/mol. The fourth-order valence-corrected chi connectivity index (χ4v) is 2.14. The van der Waals surface area contributed by atoms with Crippen LogP contribution in [0.2, 0.25) is 0 Å². The van der Waals surface area contributed by atoms with Crippen LogP contribution in [0, 0.1) is 0 Å². The molecule has 2 heteroatoms. The third kappa shape index (κ3) is 6.95. The van der Waals surface area contributed by atoms with E-state index in [1.54, 1.807) is 0 Å². The smallest absolute Gasteiger partial charge is 0.122 e. The fourth-order valence-electron chi connectivity index (χ4n) is 2.14. The first kappa shape index (κ1) is 17.0. The first-order chi connectivity index (χ1) is 9.40. The number of benzene rings is 1. The molecule has 0 aliphatic carbocycles. The molecule has 0 saturated carbocycles. The van der Waals surface area contributed by atoms with Gasteiger partial charge >= 0.3 is 0 Å². The molecule has 1 aromatic carbocycles. The van der Waals surface area contributed by atoms with Crippen LogP contribution in [0.5, 0.6) is 5.75 Å². The van der Waals surface area contributed by atoms with Crippen LogP contribution in [-0.2, 0) is 0 Å². The Bertz CT molecular complexity index is 379. The van der Waals surface area contributed by atoms with E-state index in [0.717, 1.165) is 25.3 Å². The van der Waals surface area contributed by atoms with E-state index < -0.39 is 0 Å². The molecule has 0 aliphatic heterocycles. The van der Waals surface area contributed by atoms with Gasteiger partial charge in [-0.1, -0.05) is 32.0 Å². The molecule has 1 N–H and O–H groups in total. The van der Waals surface area contributed by atoms with E-state index in [2.05, 4.69) is 64.2 Å². The normalized spacial score (nSPS) is 11.9. The standard InChI is InChI=1S/C18H31NO/c1-15(2)16-11-7-8-12-17(16)20-14-10-6-9-13-19-18(3,4)5/h7-8,11-12,15,19H,6,9-10,13-14H2,1-5H3. The molecule has 20 heavy (non-hydrogen) atoms. The molecule has 0 amide bonds. The van der Waals surface area contributed by atoms with Crippen LogP contribution >= 0.6 is 0 Å². The van der Waals surface area contributed by atoms with Gasteiger partial charge in [0.05, 0.1) is 6.61 Å². The van der Waals surface area contributed by atoms with Gasteiger partial charge in [0, 0.05) is 5.54 Å². The molecule has 0 spiro atoms. The summed E-state index contributed by atoms with van der Waals surface area (Å²) in [4.78, 5) is 0. The minimum Gasteiger partial charge on any atom is -0.493 e. The molecule has 1 rings (SSSR count). The number of para-hydroxylation sites is 1. The minimum absolute atomic E-state index is 0.229. The predicted octanol–water partition coefficient (Wildman–Crippen LogP) is 4.75. The van der Waals surface area contributed by atoms with Gasteiger partial charge < -0.3 is 10.1 Å². The quantitative estimate of drug-likeness (QED) is 0.692. The molecule has 0 radical (unpaired) electrons. The van der Waals surface area contributed by atoms with Gasteiger partial charge in [-0.05, 0) is 64.1 Å². The van der Waals surface area contributed by atoms with Crippen LogP contribution in [0.25, 0.3) is 0 Å². The van der Waals surface area contributed by atoms with Gasteiger partial charge in [-0.15, -0.1) is 0 Å². The zero-order chi connectivity index (χ0) is 15.0. The Balaban J connectivity index is 2.19. The van der Waals surface area contributed by atoms with Crippen molar-refractivity contribution in [3.8, 4) is 5.75 Å². The highest BCUT2D eigenvalue weighted by Gasteiger charge is 2.08. The largest absolute Gasteiger partial charge is 0.493 e. The molecule has 2 nitrogen and oxygen atoms in total. The fraction of sp³-hybridized carbons (Fsp3) is 0.667. The average molecular weight is 277 g/mol. The van der Waals surface area contributed by atoms with Crippen LogP contribution < -0.4 is 10.1 Å². The Morgan fingerprint density at radius 1 is 1.05 bits per heavy atom. The van der Waals surface area contributed by atoms with E-state index in [1.165, 1.54) is 18.4 Å². The maximum atomic E-state index is 5.93. The number of hydrogen-bond acceptors (Lipinski definition) is 2. The van der Waals surface area contributed by atoms with E-state index in [0.29, 0.717) is 5.92 Å². The van der Waals surface area contributed by atoms with Gasteiger partial charge in [0.15, 0.2) is 0 Å². The molecule has 1 aromatic rings. The number of ether oxygens (including phenoxy) is 1. The molecule has 0 atom stereocenters. The van der Waals surface area contributed by atoms with Crippen LogP contribution in [0.3, 0.4) is 0 Å². The zero-order valence-electron chi connectivity index (χ0n) is 13.8. The van der Waals surface area contributed by atoms with Crippen molar-refractivity contribution in [2.24, 2.45) is 0 Å². The molecular formula is C18H31NO. The van der Waals surface area contributed by atoms with Crippen molar-refractivity contribution in [3.05, 3.63) is 29.8 Å².